The molecular weight excluding hydrogens is 254 g/mol. The molecule has 0 aliphatic carbocycles. The normalized spacial score (nSPS) is 11.2. The van der Waals surface area contributed by atoms with Crippen LogP contribution in [0.1, 0.15) is 31.5 Å². The molecule has 2 aromatic rings. The zero-order valence-corrected chi connectivity index (χ0v) is 12.2. The van der Waals surface area contributed by atoms with Crippen molar-refractivity contribution < 1.29 is 9.26 Å². The highest BCUT2D eigenvalue weighted by molar-refractivity contribution is 5.20. The van der Waals surface area contributed by atoms with Crippen molar-refractivity contribution in [3.8, 4) is 5.75 Å². The molecule has 0 radical (unpaired) electrons. The molecular formula is C15H21N3O2. The second-order valence-corrected chi connectivity index (χ2v) is 5.10. The second-order valence-electron chi connectivity index (χ2n) is 5.10. The average Bonchev–Trinajstić information content (AvgIpc) is 2.88. The van der Waals surface area contributed by atoms with E-state index in [0.717, 1.165) is 18.1 Å². The van der Waals surface area contributed by atoms with Gasteiger partial charge >= 0.3 is 0 Å². The minimum Gasteiger partial charge on any atom is -0.492 e. The van der Waals surface area contributed by atoms with E-state index in [1.807, 2.05) is 51.2 Å². The molecule has 108 valence electrons. The van der Waals surface area contributed by atoms with Crippen LogP contribution >= 0.6 is 0 Å². The zero-order chi connectivity index (χ0) is 14.4. The highest BCUT2D eigenvalue weighted by Crippen LogP contribution is 2.11. The van der Waals surface area contributed by atoms with Crippen LogP contribution in [0.4, 0.5) is 0 Å². The van der Waals surface area contributed by atoms with Gasteiger partial charge in [0, 0.05) is 12.5 Å². The first-order valence-electron chi connectivity index (χ1n) is 6.84. The molecule has 5 nitrogen and oxygen atoms in total. The Kier molecular flexibility index (Phi) is 5.12. The van der Waals surface area contributed by atoms with Crippen LogP contribution in [-0.2, 0) is 6.54 Å². The van der Waals surface area contributed by atoms with Gasteiger partial charge in [0.15, 0.2) is 5.82 Å². The zero-order valence-electron chi connectivity index (χ0n) is 12.2. The molecule has 1 aromatic heterocycles. The van der Waals surface area contributed by atoms with Crippen molar-refractivity contribution in [1.29, 1.82) is 0 Å². The van der Waals surface area contributed by atoms with Gasteiger partial charge in [-0.05, 0) is 19.2 Å². The summed E-state index contributed by atoms with van der Waals surface area (Å²) >= 11 is 0. The Morgan fingerprint density at radius 1 is 1.25 bits per heavy atom. The highest BCUT2D eigenvalue weighted by atomic mass is 16.5. The Labute approximate surface area is 119 Å². The number of nitrogens with zero attached hydrogens (tertiary/aromatic N) is 3. The fraction of sp³-hybridized carbons (Fsp3) is 0.467. The summed E-state index contributed by atoms with van der Waals surface area (Å²) in [6.07, 6.45) is 0. The molecule has 0 saturated carbocycles. The topological polar surface area (TPSA) is 51.4 Å². The van der Waals surface area contributed by atoms with Crippen molar-refractivity contribution in [2.24, 2.45) is 0 Å². The first-order chi connectivity index (χ1) is 9.65. The Hall–Kier alpha value is -1.88. The van der Waals surface area contributed by atoms with E-state index in [1.54, 1.807) is 0 Å². The molecule has 0 unspecified atom stereocenters. The van der Waals surface area contributed by atoms with Gasteiger partial charge in [-0.1, -0.05) is 37.2 Å². The first-order valence-corrected chi connectivity index (χ1v) is 6.84. The van der Waals surface area contributed by atoms with E-state index in [-0.39, 0.29) is 0 Å². The van der Waals surface area contributed by atoms with E-state index in [2.05, 4.69) is 15.0 Å². The van der Waals surface area contributed by atoms with Crippen LogP contribution in [0, 0.1) is 0 Å². The van der Waals surface area contributed by atoms with Crippen molar-refractivity contribution >= 4 is 0 Å². The van der Waals surface area contributed by atoms with Crippen molar-refractivity contribution in [2.45, 2.75) is 26.3 Å². The maximum Gasteiger partial charge on any atom is 0.240 e. The first kappa shape index (κ1) is 14.5. The van der Waals surface area contributed by atoms with Gasteiger partial charge in [0.05, 0.1) is 6.54 Å². The van der Waals surface area contributed by atoms with Gasteiger partial charge in [-0.2, -0.15) is 4.98 Å². The van der Waals surface area contributed by atoms with Crippen LogP contribution in [0.25, 0.3) is 0 Å². The number of likely N-dealkylation sites (N-methyl/N-ethyl adjacent to an activating group) is 1. The van der Waals surface area contributed by atoms with E-state index in [9.17, 15) is 0 Å². The predicted octanol–water partition coefficient (Wildman–Crippen LogP) is 2.70. The van der Waals surface area contributed by atoms with E-state index in [4.69, 9.17) is 9.26 Å². The van der Waals surface area contributed by atoms with Crippen LogP contribution in [0.3, 0.4) is 0 Å². The lowest BCUT2D eigenvalue weighted by atomic mass is 10.2. The Morgan fingerprint density at radius 2 is 2.00 bits per heavy atom. The SMILES string of the molecule is CC(C)c1noc(CN(C)CCOc2ccccc2)n1. The molecule has 0 fully saturated rings. The van der Waals surface area contributed by atoms with Gasteiger partial charge in [0.2, 0.25) is 5.89 Å². The van der Waals surface area contributed by atoms with Crippen molar-refractivity contribution in [3.63, 3.8) is 0 Å². The van der Waals surface area contributed by atoms with Gasteiger partial charge < -0.3 is 9.26 Å². The van der Waals surface area contributed by atoms with E-state index >= 15 is 0 Å². The van der Waals surface area contributed by atoms with Crippen LogP contribution in [0.5, 0.6) is 5.75 Å². The number of hydrogen-bond acceptors (Lipinski definition) is 5. The van der Waals surface area contributed by atoms with Gasteiger partial charge in [0.1, 0.15) is 12.4 Å². The summed E-state index contributed by atoms with van der Waals surface area (Å²) in [5.41, 5.74) is 0. The van der Waals surface area contributed by atoms with Crippen molar-refractivity contribution in [1.82, 2.24) is 15.0 Å². The van der Waals surface area contributed by atoms with Crippen LogP contribution in [-0.4, -0.2) is 35.2 Å². The predicted molar refractivity (Wildman–Crippen MR) is 76.7 cm³/mol. The second kappa shape index (κ2) is 7.05. The molecule has 20 heavy (non-hydrogen) atoms. The van der Waals surface area contributed by atoms with Gasteiger partial charge in [0.25, 0.3) is 0 Å². The summed E-state index contributed by atoms with van der Waals surface area (Å²) in [6.45, 7) is 6.16. The van der Waals surface area contributed by atoms with E-state index < -0.39 is 0 Å². The summed E-state index contributed by atoms with van der Waals surface area (Å²) in [5, 5.41) is 3.95. The third-order valence-electron chi connectivity index (χ3n) is 2.89. The lowest BCUT2D eigenvalue weighted by Crippen LogP contribution is -2.24. The maximum absolute atomic E-state index is 5.65. The quantitative estimate of drug-likeness (QED) is 0.777. The third-order valence-corrected chi connectivity index (χ3v) is 2.89. The van der Waals surface area contributed by atoms with Crippen LogP contribution < -0.4 is 4.74 Å². The van der Waals surface area contributed by atoms with Crippen molar-refractivity contribution in [2.75, 3.05) is 20.2 Å². The number of rotatable bonds is 7. The monoisotopic (exact) mass is 275 g/mol. The fourth-order valence-corrected chi connectivity index (χ4v) is 1.71. The average molecular weight is 275 g/mol. The van der Waals surface area contributed by atoms with Crippen LogP contribution in [0.2, 0.25) is 0 Å². The molecule has 0 aliphatic heterocycles. The minimum atomic E-state index is 0.291. The molecule has 5 heteroatoms. The molecule has 0 bridgehead atoms. The highest BCUT2D eigenvalue weighted by Gasteiger charge is 2.11. The minimum absolute atomic E-state index is 0.291. The molecule has 1 heterocycles. The molecule has 0 N–H and O–H groups in total. The number of hydrogen-bond donors (Lipinski definition) is 0. The molecule has 1 aromatic carbocycles. The van der Waals surface area contributed by atoms with E-state index in [0.29, 0.717) is 25.0 Å². The summed E-state index contributed by atoms with van der Waals surface area (Å²) in [4.78, 5) is 6.45. The van der Waals surface area contributed by atoms with Gasteiger partial charge in [-0.3, -0.25) is 4.90 Å². The maximum atomic E-state index is 5.65. The molecule has 0 spiro atoms. The van der Waals surface area contributed by atoms with Gasteiger partial charge in [-0.15, -0.1) is 0 Å². The number of aromatic nitrogens is 2. The molecule has 0 saturated heterocycles. The molecule has 0 aliphatic rings. The summed E-state index contributed by atoms with van der Waals surface area (Å²) < 4.78 is 10.9. The number of para-hydroxylation sites is 1. The number of benzene rings is 1. The van der Waals surface area contributed by atoms with E-state index in [1.165, 1.54) is 0 Å². The molecule has 2 rings (SSSR count). The van der Waals surface area contributed by atoms with Crippen molar-refractivity contribution in [3.05, 3.63) is 42.0 Å². The summed E-state index contributed by atoms with van der Waals surface area (Å²) in [5.74, 6) is 2.59. The lowest BCUT2D eigenvalue weighted by molar-refractivity contribution is 0.212. The third kappa shape index (κ3) is 4.35. The van der Waals surface area contributed by atoms with Gasteiger partial charge in [-0.25, -0.2) is 0 Å². The molecule has 0 atom stereocenters. The molecule has 0 amide bonds. The standard InChI is InChI=1S/C15H21N3O2/c1-12(2)15-16-14(20-17-15)11-18(3)9-10-19-13-7-5-4-6-8-13/h4-8,12H,9-11H2,1-3H3. The Bertz CT molecular complexity index is 511. The number of ether oxygens (including phenoxy) is 1. The largest absolute Gasteiger partial charge is 0.492 e. The Morgan fingerprint density at radius 3 is 2.65 bits per heavy atom. The summed E-state index contributed by atoms with van der Waals surface area (Å²) in [7, 11) is 2.01. The summed E-state index contributed by atoms with van der Waals surface area (Å²) in [6, 6.07) is 9.80. The van der Waals surface area contributed by atoms with Crippen LogP contribution in [0.15, 0.2) is 34.9 Å². The fourth-order valence-electron chi connectivity index (χ4n) is 1.71. The lowest BCUT2D eigenvalue weighted by Gasteiger charge is -2.14. The Balaban J connectivity index is 1.73. The smallest absolute Gasteiger partial charge is 0.240 e.